The minimum atomic E-state index is -0.00152. The molecule has 2 heterocycles. The van der Waals surface area contributed by atoms with Gasteiger partial charge in [-0.05, 0) is 37.1 Å². The van der Waals surface area contributed by atoms with Crippen LogP contribution in [0, 0.1) is 0 Å². The lowest BCUT2D eigenvalue weighted by atomic mass is 9.95. The summed E-state index contributed by atoms with van der Waals surface area (Å²) in [6.45, 7) is 0. The van der Waals surface area contributed by atoms with Crippen LogP contribution in [0.2, 0.25) is 0 Å². The van der Waals surface area contributed by atoms with Gasteiger partial charge in [-0.2, -0.15) is 5.10 Å². The Hall–Kier alpha value is -2.56. The number of benzene rings is 1. The number of aromatic amines is 1. The summed E-state index contributed by atoms with van der Waals surface area (Å²) in [6, 6.07) is 8.11. The number of amides is 1. The molecule has 0 radical (unpaired) electrons. The molecule has 3 aromatic rings. The fraction of sp³-hybridized carbons (Fsp3) is 0.333. The molecule has 0 aliphatic heterocycles. The molecule has 0 bridgehead atoms. The van der Waals surface area contributed by atoms with Crippen LogP contribution in [0.4, 0.5) is 0 Å². The molecule has 0 spiro atoms. The number of hydrogen-bond donors (Lipinski definition) is 2. The first kappa shape index (κ1) is 14.1. The van der Waals surface area contributed by atoms with E-state index in [0.717, 1.165) is 29.4 Å². The lowest BCUT2D eigenvalue weighted by molar-refractivity contribution is 0.0929. The molecular weight excluding hydrogens is 288 g/mol. The first-order valence-corrected chi connectivity index (χ1v) is 8.23. The third kappa shape index (κ3) is 2.74. The molecule has 2 N–H and O–H groups in total. The van der Waals surface area contributed by atoms with E-state index in [1.807, 2.05) is 36.7 Å². The van der Waals surface area contributed by atoms with Gasteiger partial charge in [-0.3, -0.25) is 4.79 Å². The monoisotopic (exact) mass is 308 g/mol. The molecule has 118 valence electrons. The second kappa shape index (κ2) is 5.91. The highest BCUT2D eigenvalue weighted by molar-refractivity contribution is 6.06. The van der Waals surface area contributed by atoms with E-state index in [2.05, 4.69) is 15.4 Å². The Morgan fingerprint density at radius 3 is 2.91 bits per heavy atom. The lowest BCUT2D eigenvalue weighted by Gasteiger charge is -2.23. The zero-order chi connectivity index (χ0) is 15.6. The Balaban J connectivity index is 1.69. The molecule has 23 heavy (non-hydrogen) atoms. The average molecular weight is 308 g/mol. The summed E-state index contributed by atoms with van der Waals surface area (Å²) in [5.41, 5.74) is 2.47. The van der Waals surface area contributed by atoms with Crippen molar-refractivity contribution in [1.29, 1.82) is 0 Å². The Kier molecular flexibility index (Phi) is 3.61. The van der Waals surface area contributed by atoms with Gasteiger partial charge in [0.25, 0.3) is 5.91 Å². The number of nitrogens with one attached hydrogen (secondary N) is 2. The predicted octanol–water partition coefficient (Wildman–Crippen LogP) is 3.42. The van der Waals surface area contributed by atoms with Crippen LogP contribution in [-0.4, -0.2) is 26.7 Å². The van der Waals surface area contributed by atoms with Crippen LogP contribution in [0.1, 0.15) is 42.5 Å². The van der Waals surface area contributed by atoms with Crippen LogP contribution < -0.4 is 5.32 Å². The van der Waals surface area contributed by atoms with Gasteiger partial charge < -0.3 is 10.3 Å². The molecule has 1 amide bonds. The second-order valence-corrected chi connectivity index (χ2v) is 6.19. The van der Waals surface area contributed by atoms with E-state index in [-0.39, 0.29) is 5.91 Å². The molecule has 0 unspecified atom stereocenters. The molecule has 0 atom stereocenters. The van der Waals surface area contributed by atoms with Crippen LogP contribution in [0.15, 0.2) is 42.9 Å². The Morgan fingerprint density at radius 2 is 2.13 bits per heavy atom. The third-order valence-corrected chi connectivity index (χ3v) is 4.60. The van der Waals surface area contributed by atoms with E-state index < -0.39 is 0 Å². The summed E-state index contributed by atoms with van der Waals surface area (Å²) in [7, 11) is 0. The van der Waals surface area contributed by atoms with E-state index in [4.69, 9.17) is 0 Å². The lowest BCUT2D eigenvalue weighted by Crippen LogP contribution is -2.36. The molecular formula is C18H20N4O. The third-order valence-electron chi connectivity index (χ3n) is 4.60. The summed E-state index contributed by atoms with van der Waals surface area (Å²) in [4.78, 5) is 16.0. The molecule has 5 heteroatoms. The van der Waals surface area contributed by atoms with E-state index >= 15 is 0 Å². The van der Waals surface area contributed by atoms with Crippen LogP contribution in [0.25, 0.3) is 16.6 Å². The second-order valence-electron chi connectivity index (χ2n) is 6.19. The number of carbonyl (C=O) groups is 1. The van der Waals surface area contributed by atoms with Crippen molar-refractivity contribution >= 4 is 16.8 Å². The van der Waals surface area contributed by atoms with Gasteiger partial charge in [0.15, 0.2) is 0 Å². The molecule has 1 aromatic carbocycles. The number of fused-ring (bicyclic) bond motifs is 1. The SMILES string of the molecule is O=C(NC1CCCCC1)c1cc(-n2cccn2)cc2cc[nH]c12. The zero-order valence-corrected chi connectivity index (χ0v) is 13.0. The molecule has 5 nitrogen and oxygen atoms in total. The topological polar surface area (TPSA) is 62.7 Å². The van der Waals surface area contributed by atoms with Gasteiger partial charge in [0, 0.05) is 30.0 Å². The van der Waals surface area contributed by atoms with Crippen molar-refractivity contribution in [2.24, 2.45) is 0 Å². The quantitative estimate of drug-likeness (QED) is 0.779. The van der Waals surface area contributed by atoms with Crippen LogP contribution in [0.3, 0.4) is 0 Å². The Labute approximate surface area is 134 Å². The van der Waals surface area contributed by atoms with E-state index in [1.165, 1.54) is 19.3 Å². The molecule has 0 saturated heterocycles. The van der Waals surface area contributed by atoms with Gasteiger partial charge in [0.1, 0.15) is 0 Å². The van der Waals surface area contributed by atoms with E-state index in [9.17, 15) is 4.79 Å². The van der Waals surface area contributed by atoms with Crippen molar-refractivity contribution < 1.29 is 4.79 Å². The molecule has 1 fully saturated rings. The number of carbonyl (C=O) groups excluding carboxylic acids is 1. The van der Waals surface area contributed by atoms with Gasteiger partial charge in [0.05, 0.1) is 16.8 Å². The number of hydrogen-bond acceptors (Lipinski definition) is 2. The van der Waals surface area contributed by atoms with Crippen molar-refractivity contribution in [1.82, 2.24) is 20.1 Å². The summed E-state index contributed by atoms with van der Waals surface area (Å²) < 4.78 is 1.78. The van der Waals surface area contributed by atoms with Gasteiger partial charge >= 0.3 is 0 Å². The maximum absolute atomic E-state index is 12.8. The highest BCUT2D eigenvalue weighted by Gasteiger charge is 2.19. The Bertz CT molecular complexity index is 813. The fourth-order valence-electron chi connectivity index (χ4n) is 3.40. The fourth-order valence-corrected chi connectivity index (χ4v) is 3.40. The highest BCUT2D eigenvalue weighted by Crippen LogP contribution is 2.23. The summed E-state index contributed by atoms with van der Waals surface area (Å²) >= 11 is 0. The highest BCUT2D eigenvalue weighted by atomic mass is 16.1. The first-order chi connectivity index (χ1) is 11.3. The van der Waals surface area contributed by atoms with E-state index in [0.29, 0.717) is 11.6 Å². The maximum atomic E-state index is 12.8. The van der Waals surface area contributed by atoms with E-state index in [1.54, 1.807) is 10.9 Å². The summed E-state index contributed by atoms with van der Waals surface area (Å²) in [5, 5.41) is 8.49. The zero-order valence-electron chi connectivity index (χ0n) is 13.0. The number of aromatic nitrogens is 3. The largest absolute Gasteiger partial charge is 0.361 e. The predicted molar refractivity (Wildman–Crippen MR) is 89.8 cm³/mol. The van der Waals surface area contributed by atoms with Crippen molar-refractivity contribution in [2.75, 3.05) is 0 Å². The van der Waals surface area contributed by atoms with Gasteiger partial charge in [0.2, 0.25) is 0 Å². The van der Waals surface area contributed by atoms with Gasteiger partial charge in [-0.15, -0.1) is 0 Å². The van der Waals surface area contributed by atoms with Crippen LogP contribution in [0.5, 0.6) is 0 Å². The molecule has 1 saturated carbocycles. The van der Waals surface area contributed by atoms with Gasteiger partial charge in [-0.1, -0.05) is 19.3 Å². The normalized spacial score (nSPS) is 15.8. The number of nitrogens with zero attached hydrogens (tertiary/aromatic N) is 2. The summed E-state index contributed by atoms with van der Waals surface area (Å²) in [5.74, 6) is -0.00152. The van der Waals surface area contributed by atoms with Gasteiger partial charge in [-0.25, -0.2) is 4.68 Å². The molecule has 1 aliphatic carbocycles. The number of H-pyrrole nitrogens is 1. The molecule has 2 aromatic heterocycles. The molecule has 1 aliphatic rings. The minimum Gasteiger partial charge on any atom is -0.361 e. The standard InChI is InChI=1S/C18H20N4O/c23-18(21-14-5-2-1-3-6-14)16-12-15(22-10-4-8-20-22)11-13-7-9-19-17(13)16/h4,7-12,14,19H,1-3,5-6H2,(H,21,23). The minimum absolute atomic E-state index is 0.00152. The van der Waals surface area contributed by atoms with Crippen LogP contribution in [-0.2, 0) is 0 Å². The van der Waals surface area contributed by atoms with Crippen molar-refractivity contribution in [3.63, 3.8) is 0 Å². The summed E-state index contributed by atoms with van der Waals surface area (Å²) in [6.07, 6.45) is 11.3. The van der Waals surface area contributed by atoms with Crippen LogP contribution >= 0.6 is 0 Å². The first-order valence-electron chi connectivity index (χ1n) is 8.23. The smallest absolute Gasteiger partial charge is 0.253 e. The average Bonchev–Trinajstić information content (AvgIpc) is 3.26. The molecule has 4 rings (SSSR count). The number of rotatable bonds is 3. The van der Waals surface area contributed by atoms with Crippen molar-refractivity contribution in [3.8, 4) is 5.69 Å². The maximum Gasteiger partial charge on any atom is 0.253 e. The Morgan fingerprint density at radius 1 is 1.26 bits per heavy atom. The van der Waals surface area contributed by atoms with Crippen molar-refractivity contribution in [2.45, 2.75) is 38.1 Å². The van der Waals surface area contributed by atoms with Crippen molar-refractivity contribution in [3.05, 3.63) is 48.4 Å².